The van der Waals surface area contributed by atoms with Crippen LogP contribution < -0.4 is 0 Å². The number of hydrogen-bond donors (Lipinski definition) is 0. The Kier molecular flexibility index (Phi) is 2.34. The van der Waals surface area contributed by atoms with Gasteiger partial charge in [-0.25, -0.2) is 0 Å². The third-order valence-corrected chi connectivity index (χ3v) is 3.31. The number of hydrogen-bond acceptors (Lipinski definition) is 2. The highest BCUT2D eigenvalue weighted by Crippen LogP contribution is 2.29. The van der Waals surface area contributed by atoms with E-state index in [9.17, 15) is 0 Å². The van der Waals surface area contributed by atoms with Crippen LogP contribution in [0.3, 0.4) is 0 Å². The Morgan fingerprint density at radius 3 is 3.07 bits per heavy atom. The van der Waals surface area contributed by atoms with Crippen LogP contribution in [-0.4, -0.2) is 0 Å². The molecule has 1 heterocycles. The van der Waals surface area contributed by atoms with Crippen molar-refractivity contribution in [3.63, 3.8) is 0 Å². The molecular weight excluding hydrogens is 190 g/mol. The lowest BCUT2D eigenvalue weighted by atomic mass is 10.1. The summed E-state index contributed by atoms with van der Waals surface area (Å²) < 4.78 is 1.31. The van der Waals surface area contributed by atoms with Gasteiger partial charge >= 0.3 is 0 Å². The van der Waals surface area contributed by atoms with E-state index in [2.05, 4.69) is 24.4 Å². The molecule has 0 aliphatic heterocycles. The van der Waals surface area contributed by atoms with Gasteiger partial charge in [-0.15, -0.1) is 11.3 Å². The van der Waals surface area contributed by atoms with Crippen LogP contribution >= 0.6 is 11.3 Å². The lowest BCUT2D eigenvalue weighted by Gasteiger charge is -1.94. The van der Waals surface area contributed by atoms with E-state index in [0.717, 1.165) is 5.56 Å². The van der Waals surface area contributed by atoms with E-state index >= 15 is 0 Å². The quantitative estimate of drug-likeness (QED) is 0.642. The topological polar surface area (TPSA) is 23.8 Å². The number of fused-ring (bicyclic) bond motifs is 1. The Labute approximate surface area is 86.9 Å². The zero-order chi connectivity index (χ0) is 9.97. The predicted octanol–water partition coefficient (Wildman–Crippen LogP) is 3.75. The van der Waals surface area contributed by atoms with E-state index in [1.807, 2.05) is 18.2 Å². The monoisotopic (exact) mass is 199 g/mol. The van der Waals surface area contributed by atoms with Crippen molar-refractivity contribution in [2.24, 2.45) is 0 Å². The van der Waals surface area contributed by atoms with Crippen molar-refractivity contribution in [1.82, 2.24) is 0 Å². The van der Waals surface area contributed by atoms with Gasteiger partial charge in [0.25, 0.3) is 0 Å². The molecule has 0 spiro atoms. The summed E-state index contributed by atoms with van der Waals surface area (Å²) in [4.78, 5) is 0. The summed E-state index contributed by atoms with van der Waals surface area (Å²) in [6.45, 7) is 2.11. The fraction of sp³-hybridized carbons (Fsp3) is 0.0833. The molecular formula is C12H9NS. The standard InChI is InChI=1S/C12H9NS/c1-9-4-2-6-11-10(5-3-7-13)8-14-12(9)11/h2-6,8H,1H3/b5-3+. The smallest absolute Gasteiger partial charge is 0.0912 e. The summed E-state index contributed by atoms with van der Waals surface area (Å²) in [5.74, 6) is 0. The van der Waals surface area contributed by atoms with Crippen LogP contribution in [0, 0.1) is 18.3 Å². The van der Waals surface area contributed by atoms with Crippen molar-refractivity contribution in [3.8, 4) is 6.07 Å². The summed E-state index contributed by atoms with van der Waals surface area (Å²) in [5, 5.41) is 11.8. The van der Waals surface area contributed by atoms with Gasteiger partial charge in [0.05, 0.1) is 6.07 Å². The zero-order valence-corrected chi connectivity index (χ0v) is 8.64. The highest BCUT2D eigenvalue weighted by molar-refractivity contribution is 7.17. The molecule has 2 heteroatoms. The van der Waals surface area contributed by atoms with Gasteiger partial charge in [0.1, 0.15) is 0 Å². The first kappa shape index (κ1) is 8.98. The molecule has 0 aliphatic rings. The third-order valence-electron chi connectivity index (χ3n) is 2.16. The fourth-order valence-corrected chi connectivity index (χ4v) is 2.50. The Bertz CT molecular complexity index is 529. The number of thiophene rings is 1. The van der Waals surface area contributed by atoms with Crippen molar-refractivity contribution in [2.75, 3.05) is 0 Å². The van der Waals surface area contributed by atoms with Gasteiger partial charge in [-0.1, -0.05) is 18.2 Å². The summed E-state index contributed by atoms with van der Waals surface area (Å²) in [5.41, 5.74) is 2.43. The highest BCUT2D eigenvalue weighted by Gasteiger charge is 2.02. The van der Waals surface area contributed by atoms with E-state index < -0.39 is 0 Å². The molecule has 14 heavy (non-hydrogen) atoms. The minimum absolute atomic E-state index is 1.13. The average molecular weight is 199 g/mol. The Balaban J connectivity index is 2.65. The normalized spacial score (nSPS) is 10.9. The number of rotatable bonds is 1. The molecule has 0 bridgehead atoms. The number of nitriles is 1. The molecule has 0 aliphatic carbocycles. The predicted molar refractivity (Wildman–Crippen MR) is 61.2 cm³/mol. The molecule has 1 nitrogen and oxygen atoms in total. The SMILES string of the molecule is Cc1cccc2c(/C=C/C#N)csc12. The van der Waals surface area contributed by atoms with Crippen LogP contribution in [0.15, 0.2) is 29.7 Å². The van der Waals surface area contributed by atoms with Crippen molar-refractivity contribution in [3.05, 3.63) is 40.8 Å². The maximum Gasteiger partial charge on any atom is 0.0912 e. The van der Waals surface area contributed by atoms with Crippen molar-refractivity contribution in [2.45, 2.75) is 6.92 Å². The van der Waals surface area contributed by atoms with Gasteiger partial charge in [-0.3, -0.25) is 0 Å². The molecule has 1 aromatic carbocycles. The number of allylic oxidation sites excluding steroid dienone is 1. The minimum Gasteiger partial charge on any atom is -0.193 e. The molecule has 68 valence electrons. The van der Waals surface area contributed by atoms with Gasteiger partial charge in [0.15, 0.2) is 0 Å². The van der Waals surface area contributed by atoms with E-state index in [1.165, 1.54) is 21.7 Å². The fourth-order valence-electron chi connectivity index (χ4n) is 1.48. The van der Waals surface area contributed by atoms with Crippen LogP contribution in [0.2, 0.25) is 0 Å². The van der Waals surface area contributed by atoms with E-state index in [4.69, 9.17) is 5.26 Å². The average Bonchev–Trinajstić information content (AvgIpc) is 2.60. The molecule has 0 N–H and O–H groups in total. The molecule has 0 saturated heterocycles. The van der Waals surface area contributed by atoms with Gasteiger partial charge < -0.3 is 0 Å². The van der Waals surface area contributed by atoms with Gasteiger partial charge in [0.2, 0.25) is 0 Å². The molecule has 0 radical (unpaired) electrons. The first-order chi connectivity index (χ1) is 6.83. The largest absolute Gasteiger partial charge is 0.193 e. The molecule has 0 atom stereocenters. The first-order valence-electron chi connectivity index (χ1n) is 4.36. The van der Waals surface area contributed by atoms with E-state index in [0.29, 0.717) is 0 Å². The second kappa shape index (κ2) is 3.65. The van der Waals surface area contributed by atoms with Crippen LogP contribution in [0.4, 0.5) is 0 Å². The molecule has 0 unspecified atom stereocenters. The Morgan fingerprint density at radius 1 is 1.43 bits per heavy atom. The molecule has 2 aromatic rings. The number of aryl methyl sites for hydroxylation is 1. The van der Waals surface area contributed by atoms with Crippen LogP contribution in [-0.2, 0) is 0 Å². The van der Waals surface area contributed by atoms with Gasteiger partial charge in [0, 0.05) is 10.8 Å². The molecule has 1 aromatic heterocycles. The maximum atomic E-state index is 8.46. The van der Waals surface area contributed by atoms with Crippen LogP contribution in [0.25, 0.3) is 16.2 Å². The maximum absolute atomic E-state index is 8.46. The van der Waals surface area contributed by atoms with E-state index in [1.54, 1.807) is 11.3 Å². The van der Waals surface area contributed by atoms with Crippen molar-refractivity contribution >= 4 is 27.5 Å². The van der Waals surface area contributed by atoms with Crippen molar-refractivity contribution in [1.29, 1.82) is 5.26 Å². The lowest BCUT2D eigenvalue weighted by molar-refractivity contribution is 1.54. The van der Waals surface area contributed by atoms with Crippen LogP contribution in [0.1, 0.15) is 11.1 Å². The lowest BCUT2D eigenvalue weighted by Crippen LogP contribution is -1.72. The van der Waals surface area contributed by atoms with E-state index in [-0.39, 0.29) is 0 Å². The third kappa shape index (κ3) is 1.43. The first-order valence-corrected chi connectivity index (χ1v) is 5.24. The Morgan fingerprint density at radius 2 is 2.29 bits per heavy atom. The second-order valence-electron chi connectivity index (χ2n) is 3.11. The molecule has 0 fully saturated rings. The highest BCUT2D eigenvalue weighted by atomic mass is 32.1. The van der Waals surface area contributed by atoms with Crippen molar-refractivity contribution < 1.29 is 0 Å². The molecule has 0 saturated carbocycles. The second-order valence-corrected chi connectivity index (χ2v) is 3.98. The molecule has 0 amide bonds. The Hall–Kier alpha value is -1.59. The summed E-state index contributed by atoms with van der Waals surface area (Å²) in [6, 6.07) is 8.26. The summed E-state index contributed by atoms with van der Waals surface area (Å²) >= 11 is 1.73. The molecule has 2 rings (SSSR count). The minimum atomic E-state index is 1.13. The number of benzene rings is 1. The summed E-state index contributed by atoms with van der Waals surface area (Å²) in [7, 11) is 0. The zero-order valence-electron chi connectivity index (χ0n) is 7.82. The van der Waals surface area contributed by atoms with Gasteiger partial charge in [-0.2, -0.15) is 5.26 Å². The number of nitrogens with zero attached hydrogens (tertiary/aromatic N) is 1. The van der Waals surface area contributed by atoms with Gasteiger partial charge in [-0.05, 0) is 34.9 Å². The summed E-state index contributed by atoms with van der Waals surface area (Å²) in [6.07, 6.45) is 3.38. The van der Waals surface area contributed by atoms with Crippen LogP contribution in [0.5, 0.6) is 0 Å².